The number of benzene rings is 2. The highest BCUT2D eigenvalue weighted by molar-refractivity contribution is 5.83. The molecule has 0 aliphatic carbocycles. The molecule has 0 aliphatic rings. The molecule has 0 heterocycles. The van der Waals surface area contributed by atoms with Crippen LogP contribution < -0.4 is 13.9 Å². The van der Waals surface area contributed by atoms with Gasteiger partial charge in [0.1, 0.15) is 22.7 Å². The maximum atomic E-state index is 4.87. The summed E-state index contributed by atoms with van der Waals surface area (Å²) in [6, 6.07) is 15.4. The zero-order valence-corrected chi connectivity index (χ0v) is 27.5. The Morgan fingerprint density at radius 3 is 1.03 bits per heavy atom. The second kappa shape index (κ2) is 11.0. The summed E-state index contributed by atoms with van der Waals surface area (Å²) in [5.41, 5.74) is 7.74. The lowest BCUT2D eigenvalue weighted by atomic mass is 9.85. The van der Waals surface area contributed by atoms with E-state index in [0.29, 0.717) is 33.1 Å². The fourth-order valence-electron chi connectivity index (χ4n) is 5.65. The smallest absolute Gasteiger partial charge is 0.131 e. The lowest BCUT2D eigenvalue weighted by Crippen LogP contribution is -2.55. The van der Waals surface area contributed by atoms with Crippen LogP contribution in [-0.4, -0.2) is 31.2 Å². The number of anilines is 2. The molecular formula is C35H59N3. The maximum absolute atomic E-state index is 4.87. The molecule has 0 amide bonds. The standard InChI is InChI=1S/C35H59N3/c1-24(2)37(16,25(3)4)32-22-28(34(9,10)11)18-20-30(32)36(15)31-21-19-29(35(12,13)14)23-33(31)38(17,26(5)6)27(7)8/h18-27H,16-17H2,1-15H3. The minimum Gasteiger partial charge on any atom is -0.418 e. The van der Waals surface area contributed by atoms with E-state index in [1.165, 1.54) is 33.9 Å². The second-order valence-electron chi connectivity index (χ2n) is 14.7. The van der Waals surface area contributed by atoms with E-state index in [9.17, 15) is 0 Å². The summed E-state index contributed by atoms with van der Waals surface area (Å²) in [5.74, 6) is 0. The molecule has 0 unspecified atom stereocenters. The maximum Gasteiger partial charge on any atom is 0.131 e. The molecule has 0 spiro atoms. The Morgan fingerprint density at radius 2 is 0.816 bits per heavy atom. The fraction of sp³-hybridized carbons (Fsp3) is 0.600. The minimum absolute atomic E-state index is 0.0544. The molecule has 0 saturated heterocycles. The molecular weight excluding hydrogens is 462 g/mol. The third-order valence-electron chi connectivity index (χ3n) is 8.99. The lowest BCUT2D eigenvalue weighted by Gasteiger charge is -2.52. The number of hydrogen-bond acceptors (Lipinski definition) is 1. The quantitative estimate of drug-likeness (QED) is 0.247. The Morgan fingerprint density at radius 1 is 0.553 bits per heavy atom. The van der Waals surface area contributed by atoms with Crippen molar-refractivity contribution in [2.24, 2.45) is 0 Å². The molecule has 0 atom stereocenters. The van der Waals surface area contributed by atoms with Crippen molar-refractivity contribution in [2.75, 3.05) is 11.9 Å². The van der Waals surface area contributed by atoms with Crippen LogP contribution in [0.15, 0.2) is 36.4 Å². The van der Waals surface area contributed by atoms with Crippen molar-refractivity contribution in [1.82, 2.24) is 8.97 Å². The largest absolute Gasteiger partial charge is 0.418 e. The summed E-state index contributed by atoms with van der Waals surface area (Å²) < 4.78 is 1.25. The molecule has 0 aliphatic heterocycles. The van der Waals surface area contributed by atoms with Crippen molar-refractivity contribution in [2.45, 2.75) is 132 Å². The van der Waals surface area contributed by atoms with E-state index in [0.717, 1.165) is 0 Å². The zero-order chi connectivity index (χ0) is 29.6. The summed E-state index contributed by atoms with van der Waals surface area (Å²) >= 11 is 0. The van der Waals surface area contributed by atoms with Gasteiger partial charge in [0.2, 0.25) is 0 Å². The summed E-state index contributed by atoms with van der Waals surface area (Å²) in [5, 5.41) is 0. The van der Waals surface area contributed by atoms with Crippen LogP contribution in [0.5, 0.6) is 0 Å². The Hall–Kier alpha value is -1.84. The number of hydrogen-bond donors (Lipinski definition) is 0. The van der Waals surface area contributed by atoms with Crippen LogP contribution >= 0.6 is 0 Å². The van der Waals surface area contributed by atoms with Gasteiger partial charge in [-0.15, -0.1) is 14.1 Å². The molecule has 3 heteroatoms. The number of nitrogens with zero attached hydrogens (tertiary/aromatic N) is 3. The summed E-state index contributed by atoms with van der Waals surface area (Å²) in [6.45, 7) is 32.1. The highest BCUT2D eigenvalue weighted by Crippen LogP contribution is 2.47. The third-order valence-corrected chi connectivity index (χ3v) is 8.99. The van der Waals surface area contributed by atoms with Gasteiger partial charge in [0.25, 0.3) is 0 Å². The van der Waals surface area contributed by atoms with Gasteiger partial charge < -0.3 is 13.9 Å². The first kappa shape index (κ1) is 32.4. The Kier molecular flexibility index (Phi) is 9.34. The Labute approximate surface area is 237 Å². The highest BCUT2D eigenvalue weighted by atomic mass is 15.4. The van der Waals surface area contributed by atoms with Gasteiger partial charge in [-0.25, -0.2) is 0 Å². The molecule has 0 aromatic heterocycles. The SMILES string of the molecule is [CH2-][N+](c1cc(C(C)(C)C)ccc1N(C)c1ccc(C(C)(C)C)cc1[N+]([CH2-])(C(C)C)C(C)C)(C(C)C)C(C)C. The van der Waals surface area contributed by atoms with Gasteiger partial charge in [0.05, 0.1) is 24.2 Å². The molecule has 3 nitrogen and oxygen atoms in total. The van der Waals surface area contributed by atoms with Crippen molar-refractivity contribution in [3.8, 4) is 0 Å². The summed E-state index contributed by atoms with van der Waals surface area (Å²) in [6.07, 6.45) is 0. The van der Waals surface area contributed by atoms with Crippen LogP contribution in [0.1, 0.15) is 108 Å². The van der Waals surface area contributed by atoms with Gasteiger partial charge in [0, 0.05) is 19.2 Å². The molecule has 0 fully saturated rings. The van der Waals surface area contributed by atoms with E-state index in [1.807, 2.05) is 0 Å². The molecule has 2 aromatic carbocycles. The number of rotatable bonds is 8. The predicted octanol–water partition coefficient (Wildman–Crippen LogP) is 9.88. The van der Waals surface area contributed by atoms with Crippen LogP contribution in [-0.2, 0) is 10.8 Å². The number of quaternary nitrogens is 2. The van der Waals surface area contributed by atoms with E-state index in [-0.39, 0.29) is 10.8 Å². The molecule has 214 valence electrons. The van der Waals surface area contributed by atoms with Crippen LogP contribution in [0, 0.1) is 14.1 Å². The molecule has 0 radical (unpaired) electrons. The topological polar surface area (TPSA) is 3.24 Å². The van der Waals surface area contributed by atoms with E-state index >= 15 is 0 Å². The third kappa shape index (κ3) is 5.85. The second-order valence-corrected chi connectivity index (χ2v) is 14.7. The van der Waals surface area contributed by atoms with Crippen molar-refractivity contribution in [3.05, 3.63) is 61.6 Å². The molecule has 0 bridgehead atoms. The van der Waals surface area contributed by atoms with Crippen molar-refractivity contribution in [1.29, 1.82) is 0 Å². The van der Waals surface area contributed by atoms with Crippen LogP contribution in [0.2, 0.25) is 0 Å². The molecule has 0 N–H and O–H groups in total. The van der Waals surface area contributed by atoms with E-state index in [1.54, 1.807) is 0 Å². The first-order valence-electron chi connectivity index (χ1n) is 14.6. The fourth-order valence-corrected chi connectivity index (χ4v) is 5.65. The molecule has 2 aromatic rings. The van der Waals surface area contributed by atoms with Gasteiger partial charge in [0.15, 0.2) is 0 Å². The predicted molar refractivity (Wildman–Crippen MR) is 173 cm³/mol. The van der Waals surface area contributed by atoms with Crippen molar-refractivity contribution < 1.29 is 0 Å². The summed E-state index contributed by atoms with van der Waals surface area (Å²) in [4.78, 5) is 2.40. The van der Waals surface area contributed by atoms with Gasteiger partial charge in [-0.05, 0) is 89.5 Å². The van der Waals surface area contributed by atoms with Gasteiger partial charge >= 0.3 is 0 Å². The van der Waals surface area contributed by atoms with Crippen LogP contribution in [0.4, 0.5) is 22.7 Å². The first-order valence-corrected chi connectivity index (χ1v) is 14.6. The zero-order valence-electron chi connectivity index (χ0n) is 27.5. The van der Waals surface area contributed by atoms with Gasteiger partial charge in [-0.3, -0.25) is 0 Å². The van der Waals surface area contributed by atoms with Crippen LogP contribution in [0.25, 0.3) is 0 Å². The van der Waals surface area contributed by atoms with Crippen LogP contribution in [0.3, 0.4) is 0 Å². The van der Waals surface area contributed by atoms with Gasteiger partial charge in [-0.2, -0.15) is 0 Å². The lowest BCUT2D eigenvalue weighted by molar-refractivity contribution is 0.249. The first-order chi connectivity index (χ1) is 17.1. The molecule has 2 rings (SSSR count). The average Bonchev–Trinajstić information content (AvgIpc) is 2.79. The Balaban J connectivity index is 2.99. The summed E-state index contributed by atoms with van der Waals surface area (Å²) in [7, 11) is 12.0. The molecule has 38 heavy (non-hydrogen) atoms. The minimum atomic E-state index is 0.0544. The highest BCUT2D eigenvalue weighted by Gasteiger charge is 2.35. The van der Waals surface area contributed by atoms with E-state index in [4.69, 9.17) is 14.1 Å². The van der Waals surface area contributed by atoms with E-state index < -0.39 is 0 Å². The van der Waals surface area contributed by atoms with E-state index in [2.05, 4.69) is 145 Å². The van der Waals surface area contributed by atoms with Crippen molar-refractivity contribution >= 4 is 22.7 Å². The Bertz CT molecular complexity index is 990. The average molecular weight is 522 g/mol. The van der Waals surface area contributed by atoms with Crippen molar-refractivity contribution in [3.63, 3.8) is 0 Å². The monoisotopic (exact) mass is 521 g/mol. The normalized spacial score (nSPS) is 13.8. The van der Waals surface area contributed by atoms with Gasteiger partial charge in [-0.1, -0.05) is 53.7 Å². The molecule has 0 saturated carbocycles.